The van der Waals surface area contributed by atoms with Crippen LogP contribution in [0.4, 0.5) is 0 Å². The van der Waals surface area contributed by atoms with Gasteiger partial charge < -0.3 is 15.0 Å². The van der Waals surface area contributed by atoms with Gasteiger partial charge in [0.2, 0.25) is 5.91 Å². The molecule has 1 atom stereocenters. The van der Waals surface area contributed by atoms with Crippen LogP contribution in [0.1, 0.15) is 23.6 Å². The first-order chi connectivity index (χ1) is 14.1. The molecule has 1 amide bonds. The number of fused-ring (bicyclic) bond motifs is 1. The summed E-state index contributed by atoms with van der Waals surface area (Å²) in [6.45, 7) is 3.11. The molecule has 1 saturated heterocycles. The van der Waals surface area contributed by atoms with Crippen molar-refractivity contribution in [2.24, 2.45) is 0 Å². The van der Waals surface area contributed by atoms with E-state index in [9.17, 15) is 4.79 Å². The summed E-state index contributed by atoms with van der Waals surface area (Å²) < 4.78 is 7.01. The maximum atomic E-state index is 12.3. The lowest BCUT2D eigenvalue weighted by Gasteiger charge is -2.08. The molecule has 1 aromatic carbocycles. The van der Waals surface area contributed by atoms with Gasteiger partial charge in [-0.25, -0.2) is 14.6 Å². The van der Waals surface area contributed by atoms with Crippen molar-refractivity contribution in [1.82, 2.24) is 30.0 Å². The Labute approximate surface area is 169 Å². The molecule has 0 saturated carbocycles. The molecule has 0 radical (unpaired) electrons. The van der Waals surface area contributed by atoms with Gasteiger partial charge in [-0.1, -0.05) is 12.1 Å². The molecule has 0 spiro atoms. The quantitative estimate of drug-likeness (QED) is 0.655. The smallest absolute Gasteiger partial charge is 0.224 e. The van der Waals surface area contributed by atoms with E-state index in [1.54, 1.807) is 19.5 Å². The standard InChI is InChI=1S/C21H26N6O2/c1-26-11-7-16(14-26)19-20-21(24-9-8-23-20)27(25-19)12-10-22-18(28)13-15-3-5-17(29-2)6-4-15/h3-6,8-9,16H,7,10-14H2,1-2H3,(H,22,28)/t16-/m0/s1. The fourth-order valence-corrected chi connectivity index (χ4v) is 3.81. The predicted octanol–water partition coefficient (Wildman–Crippen LogP) is 1.61. The summed E-state index contributed by atoms with van der Waals surface area (Å²) in [5.74, 6) is 1.14. The highest BCUT2D eigenvalue weighted by Gasteiger charge is 2.27. The topological polar surface area (TPSA) is 85.2 Å². The van der Waals surface area contributed by atoms with Gasteiger partial charge in [0.05, 0.1) is 25.8 Å². The first-order valence-corrected chi connectivity index (χ1v) is 9.89. The van der Waals surface area contributed by atoms with Gasteiger partial charge in [-0.2, -0.15) is 5.10 Å². The van der Waals surface area contributed by atoms with Crippen LogP contribution >= 0.6 is 0 Å². The fraction of sp³-hybridized carbons (Fsp3) is 0.429. The Morgan fingerprint density at radius 2 is 2.03 bits per heavy atom. The van der Waals surface area contributed by atoms with Gasteiger partial charge in [-0.05, 0) is 37.7 Å². The predicted molar refractivity (Wildman–Crippen MR) is 110 cm³/mol. The molecule has 3 heterocycles. The minimum Gasteiger partial charge on any atom is -0.497 e. The summed E-state index contributed by atoms with van der Waals surface area (Å²) in [6.07, 6.45) is 4.82. The summed E-state index contributed by atoms with van der Waals surface area (Å²) in [5, 5.41) is 7.78. The van der Waals surface area contributed by atoms with Crippen LogP contribution in [0.5, 0.6) is 5.75 Å². The van der Waals surface area contributed by atoms with E-state index < -0.39 is 0 Å². The van der Waals surface area contributed by atoms with E-state index in [0.29, 0.717) is 25.4 Å². The number of likely N-dealkylation sites (N-methyl/N-ethyl adjacent to an activating group) is 1. The van der Waals surface area contributed by atoms with Crippen molar-refractivity contribution in [3.8, 4) is 5.75 Å². The molecule has 2 aromatic heterocycles. The second-order valence-electron chi connectivity index (χ2n) is 7.46. The van der Waals surface area contributed by atoms with Crippen molar-refractivity contribution < 1.29 is 9.53 Å². The number of aromatic nitrogens is 4. The normalized spacial score (nSPS) is 17.0. The summed E-state index contributed by atoms with van der Waals surface area (Å²) in [6, 6.07) is 7.53. The van der Waals surface area contributed by atoms with Gasteiger partial charge in [0.25, 0.3) is 0 Å². The zero-order valence-electron chi connectivity index (χ0n) is 16.8. The summed E-state index contributed by atoms with van der Waals surface area (Å²) in [5.41, 5.74) is 3.62. The number of rotatable bonds is 7. The maximum Gasteiger partial charge on any atom is 0.224 e. The number of ether oxygens (including phenoxy) is 1. The van der Waals surface area contributed by atoms with Gasteiger partial charge in [0.1, 0.15) is 11.3 Å². The second kappa shape index (κ2) is 8.57. The first kappa shape index (κ1) is 19.3. The molecule has 0 aliphatic carbocycles. The van der Waals surface area contributed by atoms with Crippen molar-refractivity contribution in [3.05, 3.63) is 47.9 Å². The summed E-state index contributed by atoms with van der Waals surface area (Å²) in [7, 11) is 3.75. The minimum atomic E-state index is -0.0182. The molecule has 8 heteroatoms. The van der Waals surface area contributed by atoms with E-state index in [1.165, 1.54) is 0 Å². The largest absolute Gasteiger partial charge is 0.497 e. The maximum absolute atomic E-state index is 12.3. The van der Waals surface area contributed by atoms with E-state index in [1.807, 2.05) is 28.9 Å². The van der Waals surface area contributed by atoms with Crippen LogP contribution in [-0.2, 0) is 17.8 Å². The number of hydrogen-bond donors (Lipinski definition) is 1. The van der Waals surface area contributed by atoms with Crippen LogP contribution in [0.25, 0.3) is 11.2 Å². The van der Waals surface area contributed by atoms with Crippen LogP contribution < -0.4 is 10.1 Å². The molecule has 8 nitrogen and oxygen atoms in total. The molecule has 1 N–H and O–H groups in total. The Morgan fingerprint density at radius 1 is 1.24 bits per heavy atom. The summed E-state index contributed by atoms with van der Waals surface area (Å²) >= 11 is 0. The molecule has 0 bridgehead atoms. The minimum absolute atomic E-state index is 0.0182. The Bertz CT molecular complexity index is 985. The monoisotopic (exact) mass is 394 g/mol. The van der Waals surface area contributed by atoms with E-state index in [0.717, 1.165) is 47.7 Å². The molecule has 152 valence electrons. The Hall–Kier alpha value is -3.00. The number of nitrogens with zero attached hydrogens (tertiary/aromatic N) is 5. The van der Waals surface area contributed by atoms with E-state index in [-0.39, 0.29) is 5.91 Å². The molecule has 4 rings (SSSR count). The molecule has 3 aromatic rings. The third kappa shape index (κ3) is 4.37. The summed E-state index contributed by atoms with van der Waals surface area (Å²) in [4.78, 5) is 23.6. The number of nitrogens with one attached hydrogen (secondary N) is 1. The molecular formula is C21H26N6O2. The molecule has 29 heavy (non-hydrogen) atoms. The molecular weight excluding hydrogens is 368 g/mol. The van der Waals surface area contributed by atoms with E-state index >= 15 is 0 Å². The van der Waals surface area contributed by atoms with E-state index in [2.05, 4.69) is 27.2 Å². The Balaban J connectivity index is 1.38. The van der Waals surface area contributed by atoms with Crippen molar-refractivity contribution >= 4 is 17.1 Å². The molecule has 1 aliphatic heterocycles. The number of benzene rings is 1. The Kier molecular flexibility index (Phi) is 5.71. The van der Waals surface area contributed by atoms with Gasteiger partial charge in [-0.3, -0.25) is 4.79 Å². The zero-order valence-corrected chi connectivity index (χ0v) is 16.8. The number of carbonyl (C=O) groups excluding carboxylic acids is 1. The highest BCUT2D eigenvalue weighted by Crippen LogP contribution is 2.29. The lowest BCUT2D eigenvalue weighted by molar-refractivity contribution is -0.120. The average Bonchev–Trinajstić information content (AvgIpc) is 3.32. The average molecular weight is 394 g/mol. The number of methoxy groups -OCH3 is 1. The van der Waals surface area contributed by atoms with Crippen molar-refractivity contribution in [3.63, 3.8) is 0 Å². The highest BCUT2D eigenvalue weighted by molar-refractivity contribution is 5.78. The van der Waals surface area contributed by atoms with E-state index in [4.69, 9.17) is 9.84 Å². The van der Waals surface area contributed by atoms with Gasteiger partial charge in [-0.15, -0.1) is 0 Å². The number of hydrogen-bond acceptors (Lipinski definition) is 6. The van der Waals surface area contributed by atoms with Crippen LogP contribution in [0.2, 0.25) is 0 Å². The van der Waals surface area contributed by atoms with Gasteiger partial charge in [0.15, 0.2) is 5.65 Å². The highest BCUT2D eigenvalue weighted by atomic mass is 16.5. The fourth-order valence-electron chi connectivity index (χ4n) is 3.81. The van der Waals surface area contributed by atoms with Crippen LogP contribution in [0.15, 0.2) is 36.7 Å². The Morgan fingerprint density at radius 3 is 2.76 bits per heavy atom. The van der Waals surface area contributed by atoms with Gasteiger partial charge in [0, 0.05) is 31.4 Å². The second-order valence-corrected chi connectivity index (χ2v) is 7.46. The number of amides is 1. The number of likely N-dealkylation sites (tertiary alicyclic amines) is 1. The SMILES string of the molecule is COc1ccc(CC(=O)NCCn2nc([C@H]3CCN(C)C3)c3nccnc32)cc1. The van der Waals surface area contributed by atoms with Crippen LogP contribution in [-0.4, -0.2) is 64.3 Å². The van der Waals surface area contributed by atoms with Gasteiger partial charge >= 0.3 is 0 Å². The molecule has 1 aliphatic rings. The van der Waals surface area contributed by atoms with Crippen molar-refractivity contribution in [1.29, 1.82) is 0 Å². The van der Waals surface area contributed by atoms with Crippen LogP contribution in [0.3, 0.4) is 0 Å². The third-order valence-corrected chi connectivity index (χ3v) is 5.34. The van der Waals surface area contributed by atoms with Crippen LogP contribution in [0, 0.1) is 0 Å². The number of carbonyl (C=O) groups is 1. The third-order valence-electron chi connectivity index (χ3n) is 5.34. The lowest BCUT2D eigenvalue weighted by Crippen LogP contribution is -2.29. The lowest BCUT2D eigenvalue weighted by atomic mass is 10.0. The van der Waals surface area contributed by atoms with Crippen molar-refractivity contribution in [2.45, 2.75) is 25.3 Å². The molecule has 1 fully saturated rings. The zero-order chi connectivity index (χ0) is 20.2. The first-order valence-electron chi connectivity index (χ1n) is 9.89. The van der Waals surface area contributed by atoms with Crippen molar-refractivity contribution in [2.75, 3.05) is 33.8 Å². The molecule has 0 unspecified atom stereocenters.